The summed E-state index contributed by atoms with van der Waals surface area (Å²) in [5.74, 6) is 0.418. The van der Waals surface area contributed by atoms with Crippen molar-refractivity contribution in [2.45, 2.75) is 33.5 Å². The van der Waals surface area contributed by atoms with Crippen LogP contribution in [0.15, 0.2) is 41.6 Å². The zero-order valence-corrected chi connectivity index (χ0v) is 19.9. The van der Waals surface area contributed by atoms with Crippen LogP contribution in [0.5, 0.6) is 5.75 Å². The first-order valence-electron chi connectivity index (χ1n) is 10.6. The van der Waals surface area contributed by atoms with Gasteiger partial charge in [0.1, 0.15) is 23.2 Å². The SMILES string of the molecule is C=C1Oc2cc3c4cc(CNC(=O)CCl)c(CNC(=O)CCl)cc4n(CC)c3cc2N=C1C. The highest BCUT2D eigenvalue weighted by molar-refractivity contribution is 6.27. The number of hydrogen-bond acceptors (Lipinski definition) is 4. The van der Waals surface area contributed by atoms with Gasteiger partial charge in [0.15, 0.2) is 5.75 Å². The van der Waals surface area contributed by atoms with Crippen LogP contribution in [0.2, 0.25) is 0 Å². The summed E-state index contributed by atoms with van der Waals surface area (Å²) in [4.78, 5) is 28.2. The lowest BCUT2D eigenvalue weighted by molar-refractivity contribution is -0.119. The van der Waals surface area contributed by atoms with Gasteiger partial charge in [-0.1, -0.05) is 6.58 Å². The molecule has 2 aromatic carbocycles. The first-order chi connectivity index (χ1) is 15.9. The van der Waals surface area contributed by atoms with E-state index in [1.807, 2.05) is 31.2 Å². The molecule has 1 aliphatic heterocycles. The number of carbonyl (C=O) groups excluding carboxylic acids is 2. The highest BCUT2D eigenvalue weighted by atomic mass is 35.5. The third-order valence-electron chi connectivity index (χ3n) is 5.70. The van der Waals surface area contributed by atoms with Crippen LogP contribution < -0.4 is 15.4 Å². The fourth-order valence-corrected chi connectivity index (χ4v) is 4.20. The number of fused-ring (bicyclic) bond motifs is 4. The Labute approximate surface area is 201 Å². The van der Waals surface area contributed by atoms with E-state index in [1.165, 1.54) is 0 Å². The second-order valence-corrected chi connectivity index (χ2v) is 8.30. The van der Waals surface area contributed by atoms with Gasteiger partial charge in [0.25, 0.3) is 0 Å². The molecule has 0 spiro atoms. The van der Waals surface area contributed by atoms with Crippen molar-refractivity contribution in [2.24, 2.45) is 4.99 Å². The molecule has 0 saturated heterocycles. The quantitative estimate of drug-likeness (QED) is 0.481. The highest BCUT2D eigenvalue weighted by Gasteiger charge is 2.20. The van der Waals surface area contributed by atoms with Gasteiger partial charge in [0, 0.05) is 35.9 Å². The van der Waals surface area contributed by atoms with E-state index in [0.717, 1.165) is 50.9 Å². The molecule has 0 aliphatic carbocycles. The van der Waals surface area contributed by atoms with E-state index in [4.69, 9.17) is 27.9 Å². The molecule has 4 rings (SSSR count). The Bertz CT molecular complexity index is 1330. The second-order valence-electron chi connectivity index (χ2n) is 7.76. The average Bonchev–Trinajstić information content (AvgIpc) is 3.11. The lowest BCUT2D eigenvalue weighted by atomic mass is 10.0. The van der Waals surface area contributed by atoms with Gasteiger partial charge in [-0.2, -0.15) is 0 Å². The molecule has 2 N–H and O–H groups in total. The van der Waals surface area contributed by atoms with Crippen molar-refractivity contribution in [3.63, 3.8) is 0 Å². The maximum Gasteiger partial charge on any atom is 0.235 e. The van der Waals surface area contributed by atoms with Crippen molar-refractivity contribution in [1.82, 2.24) is 15.2 Å². The molecule has 33 heavy (non-hydrogen) atoms. The van der Waals surface area contributed by atoms with Crippen LogP contribution >= 0.6 is 23.2 Å². The predicted octanol–water partition coefficient (Wildman–Crippen LogP) is 4.52. The summed E-state index contributed by atoms with van der Waals surface area (Å²) >= 11 is 11.3. The first kappa shape index (κ1) is 23.1. The molecule has 3 aromatic rings. The number of benzene rings is 2. The topological polar surface area (TPSA) is 84.7 Å². The molecule has 0 radical (unpaired) electrons. The van der Waals surface area contributed by atoms with Crippen molar-refractivity contribution in [3.05, 3.63) is 47.7 Å². The van der Waals surface area contributed by atoms with Gasteiger partial charge in [-0.05, 0) is 49.2 Å². The molecule has 9 heteroatoms. The molecule has 0 bridgehead atoms. The number of aliphatic imine (C=N–C) groups is 1. The molecule has 1 aromatic heterocycles. The molecule has 0 saturated carbocycles. The minimum Gasteiger partial charge on any atom is -0.454 e. The lowest BCUT2D eigenvalue weighted by Crippen LogP contribution is -2.27. The Morgan fingerprint density at radius 2 is 1.58 bits per heavy atom. The van der Waals surface area contributed by atoms with Gasteiger partial charge in [0.05, 0.1) is 11.2 Å². The Hall–Kier alpha value is -3.03. The minimum absolute atomic E-state index is 0.118. The maximum atomic E-state index is 11.8. The third kappa shape index (κ3) is 4.43. The largest absolute Gasteiger partial charge is 0.454 e. The van der Waals surface area contributed by atoms with Gasteiger partial charge in [0.2, 0.25) is 11.8 Å². The number of amides is 2. The number of rotatable bonds is 7. The summed E-state index contributed by atoms with van der Waals surface area (Å²) in [6.45, 7) is 9.19. The summed E-state index contributed by atoms with van der Waals surface area (Å²) in [5, 5.41) is 7.65. The van der Waals surface area contributed by atoms with E-state index in [9.17, 15) is 9.59 Å². The van der Waals surface area contributed by atoms with Crippen molar-refractivity contribution in [1.29, 1.82) is 0 Å². The van der Waals surface area contributed by atoms with E-state index >= 15 is 0 Å². The molecular weight excluding hydrogens is 463 g/mol. The molecular formula is C24H24Cl2N4O3. The number of nitrogens with one attached hydrogen (secondary N) is 2. The standard InChI is InChI=1S/C24H24Cl2N4O3/c1-4-30-20-6-16(12-28-24(32)10-26)15(11-27-23(31)9-25)5-17(20)18-7-22-19(8-21(18)30)29-13(2)14(3)33-22/h5-8H,3-4,9-12H2,1-2H3,(H,27,31)(H,28,32). The highest BCUT2D eigenvalue weighted by Crippen LogP contribution is 2.41. The summed E-state index contributed by atoms with van der Waals surface area (Å²) in [7, 11) is 0. The van der Waals surface area contributed by atoms with Crippen LogP contribution in [-0.2, 0) is 29.2 Å². The Balaban J connectivity index is 1.90. The molecule has 7 nitrogen and oxygen atoms in total. The number of allylic oxidation sites excluding steroid dienone is 1. The summed E-state index contributed by atoms with van der Waals surface area (Å²) in [6, 6.07) is 8.09. The Morgan fingerprint density at radius 3 is 2.18 bits per heavy atom. The molecule has 0 fully saturated rings. The lowest BCUT2D eigenvalue weighted by Gasteiger charge is -2.17. The number of nitrogens with zero attached hydrogens (tertiary/aromatic N) is 2. The number of ether oxygens (including phenoxy) is 1. The number of aryl methyl sites for hydroxylation is 1. The summed E-state index contributed by atoms with van der Waals surface area (Å²) in [5.41, 5.74) is 5.30. The van der Waals surface area contributed by atoms with E-state index in [2.05, 4.69) is 33.7 Å². The molecule has 2 heterocycles. The van der Waals surface area contributed by atoms with Crippen molar-refractivity contribution in [2.75, 3.05) is 11.8 Å². The number of carbonyl (C=O) groups is 2. The number of hydrogen-bond donors (Lipinski definition) is 2. The van der Waals surface area contributed by atoms with Crippen LogP contribution in [0.3, 0.4) is 0 Å². The smallest absolute Gasteiger partial charge is 0.235 e. The Morgan fingerprint density at radius 1 is 1.00 bits per heavy atom. The number of halogens is 2. The van der Waals surface area contributed by atoms with Crippen LogP contribution in [0.25, 0.3) is 21.8 Å². The van der Waals surface area contributed by atoms with Gasteiger partial charge >= 0.3 is 0 Å². The zero-order valence-electron chi connectivity index (χ0n) is 18.4. The first-order valence-corrected chi connectivity index (χ1v) is 11.6. The van der Waals surface area contributed by atoms with E-state index in [1.54, 1.807) is 0 Å². The number of alkyl halides is 2. The Kier molecular flexibility index (Phi) is 6.63. The molecule has 172 valence electrons. The van der Waals surface area contributed by atoms with Crippen molar-refractivity contribution < 1.29 is 14.3 Å². The molecule has 1 aliphatic rings. The molecule has 0 atom stereocenters. The third-order valence-corrected chi connectivity index (χ3v) is 6.19. The van der Waals surface area contributed by atoms with E-state index < -0.39 is 0 Å². The zero-order chi connectivity index (χ0) is 23.7. The summed E-state index contributed by atoms with van der Waals surface area (Å²) in [6.07, 6.45) is 0. The van der Waals surface area contributed by atoms with Crippen LogP contribution in [0, 0.1) is 0 Å². The summed E-state index contributed by atoms with van der Waals surface area (Å²) < 4.78 is 8.10. The molecule has 2 amide bonds. The minimum atomic E-state index is -0.266. The van der Waals surface area contributed by atoms with Crippen molar-refractivity contribution in [3.8, 4) is 5.75 Å². The number of aromatic nitrogens is 1. The second kappa shape index (κ2) is 9.45. The van der Waals surface area contributed by atoms with Gasteiger partial charge in [-0.25, -0.2) is 4.99 Å². The van der Waals surface area contributed by atoms with Gasteiger partial charge < -0.3 is 19.9 Å². The van der Waals surface area contributed by atoms with Gasteiger partial charge in [-0.3, -0.25) is 9.59 Å². The van der Waals surface area contributed by atoms with Crippen LogP contribution in [-0.4, -0.2) is 33.9 Å². The molecule has 0 unspecified atom stereocenters. The van der Waals surface area contributed by atoms with Crippen LogP contribution in [0.1, 0.15) is 25.0 Å². The van der Waals surface area contributed by atoms with Gasteiger partial charge in [-0.15, -0.1) is 23.2 Å². The van der Waals surface area contributed by atoms with E-state index in [-0.39, 0.29) is 30.1 Å². The predicted molar refractivity (Wildman–Crippen MR) is 133 cm³/mol. The fraction of sp³-hybridized carbons (Fsp3) is 0.292. The average molecular weight is 487 g/mol. The fourth-order valence-electron chi connectivity index (χ4n) is 4.01. The van der Waals surface area contributed by atoms with Crippen molar-refractivity contribution >= 4 is 68.2 Å². The van der Waals surface area contributed by atoms with Crippen LogP contribution in [0.4, 0.5) is 5.69 Å². The van der Waals surface area contributed by atoms with E-state index in [0.29, 0.717) is 18.1 Å². The normalized spacial score (nSPS) is 13.0. The maximum absolute atomic E-state index is 11.8. The monoisotopic (exact) mass is 486 g/mol.